The number of benzene rings is 2. The van der Waals surface area contributed by atoms with Gasteiger partial charge in [0, 0.05) is 91.9 Å². The predicted molar refractivity (Wildman–Crippen MR) is 281 cm³/mol. The van der Waals surface area contributed by atoms with Gasteiger partial charge in [-0.15, -0.1) is 0 Å². The summed E-state index contributed by atoms with van der Waals surface area (Å²) in [5.74, 6) is 0. The third kappa shape index (κ3) is 11.4. The van der Waals surface area contributed by atoms with E-state index in [9.17, 15) is 14.7 Å². The molecule has 2 aliphatic heterocycles. The molecule has 70 heavy (non-hydrogen) atoms. The monoisotopic (exact) mass is 1090 g/mol. The minimum Gasteiger partial charge on any atom is -0.444 e. The summed E-state index contributed by atoms with van der Waals surface area (Å²) < 4.78 is 13.9. The van der Waals surface area contributed by atoms with Gasteiger partial charge in [0.25, 0.3) is 0 Å². The summed E-state index contributed by atoms with van der Waals surface area (Å²) in [6.45, 7) is 17.9. The fourth-order valence-corrected chi connectivity index (χ4v) is 10.7. The fraction of sp³-hybridized carbons (Fsp3) is 0.404. The number of carbonyl (C=O) groups excluding carboxylic acids is 2. The van der Waals surface area contributed by atoms with Gasteiger partial charge in [0.05, 0.1) is 51.7 Å². The van der Waals surface area contributed by atoms with E-state index >= 15 is 0 Å². The number of aromatic nitrogens is 4. The minimum atomic E-state index is -1.39. The first kappa shape index (κ1) is 51.8. The summed E-state index contributed by atoms with van der Waals surface area (Å²) >= 11 is 29.3. The Morgan fingerprint density at radius 1 is 0.629 bits per heavy atom. The normalized spacial score (nSPS) is 19.3. The van der Waals surface area contributed by atoms with Gasteiger partial charge in [-0.3, -0.25) is 19.8 Å². The number of aliphatic hydroxyl groups is 1. The molecule has 0 radical (unpaired) electrons. The van der Waals surface area contributed by atoms with Crippen LogP contribution in [0.2, 0.25) is 20.1 Å². The van der Waals surface area contributed by atoms with Crippen LogP contribution in [0.4, 0.5) is 9.59 Å². The van der Waals surface area contributed by atoms with Crippen molar-refractivity contribution in [2.45, 2.75) is 77.4 Å². The van der Waals surface area contributed by atoms with Crippen LogP contribution in [0.15, 0.2) is 73.4 Å². The molecule has 370 valence electrons. The number of halogens is 5. The largest absolute Gasteiger partial charge is 0.444 e. The lowest BCUT2D eigenvalue weighted by Crippen LogP contribution is -2.51. The molecule has 3 aromatic heterocycles. The number of rotatable bonds is 4. The SMILES string of the molecule is CC(C)(C)OC(=O)N1CCN([C@H]2c3ccc(Cl)cc3C(Br)=Cc3cc(Cl)cnc32)CC1.Cn1cncc1C(C)(O)C1=Cc2cc(Cl)cnc2[C@@H](N2CCN(C(=O)OC(C)(C)C)CC2)c2ccc(Cl)cc21. The molecule has 0 bridgehead atoms. The third-order valence-electron chi connectivity index (χ3n) is 12.6. The number of nitrogens with zero attached hydrogens (tertiary/aromatic N) is 8. The maximum absolute atomic E-state index is 12.7. The highest BCUT2D eigenvalue weighted by molar-refractivity contribution is 9.15. The summed E-state index contributed by atoms with van der Waals surface area (Å²) in [6, 6.07) is 15.2. The number of carbonyl (C=O) groups is 2. The molecule has 2 aromatic carbocycles. The minimum absolute atomic E-state index is 0.0772. The predicted octanol–water partition coefficient (Wildman–Crippen LogP) is 11.8. The molecule has 13 nitrogen and oxygen atoms in total. The Labute approximate surface area is 438 Å². The molecule has 9 rings (SSSR count). The molecule has 18 heteroatoms. The summed E-state index contributed by atoms with van der Waals surface area (Å²) in [4.78, 5) is 47.1. The molecule has 0 spiro atoms. The molecule has 1 unspecified atom stereocenters. The van der Waals surface area contributed by atoms with E-state index in [2.05, 4.69) is 36.8 Å². The molecular weight excluding hydrogens is 1040 g/mol. The van der Waals surface area contributed by atoms with Gasteiger partial charge in [0.1, 0.15) is 16.8 Å². The van der Waals surface area contributed by atoms with E-state index in [4.69, 9.17) is 65.8 Å². The Morgan fingerprint density at radius 3 is 1.51 bits per heavy atom. The quantitative estimate of drug-likeness (QED) is 0.186. The summed E-state index contributed by atoms with van der Waals surface area (Å²) in [7, 11) is 1.85. The lowest BCUT2D eigenvalue weighted by atomic mass is 9.84. The number of hydrogen-bond acceptors (Lipinski definition) is 10. The van der Waals surface area contributed by atoms with Crippen LogP contribution in [0.1, 0.15) is 111 Å². The molecule has 5 aromatic rings. The Hall–Kier alpha value is -4.51. The van der Waals surface area contributed by atoms with Crippen molar-refractivity contribution in [2.24, 2.45) is 7.05 Å². The fourth-order valence-electron chi connectivity index (χ4n) is 9.42. The molecule has 0 saturated carbocycles. The average molecular weight is 1100 g/mol. The Balaban J connectivity index is 0.000000193. The molecule has 2 aliphatic carbocycles. The number of piperazine rings is 2. The summed E-state index contributed by atoms with van der Waals surface area (Å²) in [5.41, 5.74) is 6.33. The van der Waals surface area contributed by atoms with E-state index in [1.807, 2.05) is 103 Å². The van der Waals surface area contributed by atoms with E-state index in [1.165, 1.54) is 0 Å². The standard InChI is InChI=1S/C29H33Cl2N5O3.C23H24BrCl2N3O2/c1-28(2,3)39-27(37)36-10-8-35(9-11-36)26-21-7-6-19(30)14-22(21)23(13-18-12-20(31)15-33-25(18)26)29(4,38)24-16-32-17-34(24)5;1-23(2,3)31-22(30)29-8-6-28(7-9-29)21-17-5-4-15(25)12-18(17)19(24)11-14-10-16(26)13-27-20(14)21/h6-7,12-17,26,38H,8-11H2,1-5H3;4-5,10-13,21H,6-9H2,1-3H3/t26-,29?;21-/m00/s1. The maximum Gasteiger partial charge on any atom is 0.410 e. The zero-order valence-electron chi connectivity index (χ0n) is 40.4. The van der Waals surface area contributed by atoms with Crippen molar-refractivity contribution in [3.8, 4) is 0 Å². The second-order valence-corrected chi connectivity index (χ2v) is 22.6. The van der Waals surface area contributed by atoms with E-state index in [0.29, 0.717) is 83.7 Å². The Morgan fingerprint density at radius 2 is 1.07 bits per heavy atom. The van der Waals surface area contributed by atoms with Crippen molar-refractivity contribution in [3.63, 3.8) is 0 Å². The van der Waals surface area contributed by atoms with Crippen molar-refractivity contribution in [1.29, 1.82) is 0 Å². The van der Waals surface area contributed by atoms with Crippen LogP contribution in [-0.4, -0.2) is 120 Å². The van der Waals surface area contributed by atoms with Gasteiger partial charge in [-0.2, -0.15) is 0 Å². The van der Waals surface area contributed by atoms with Crippen LogP contribution in [0.5, 0.6) is 0 Å². The molecule has 2 saturated heterocycles. The van der Waals surface area contributed by atoms with Crippen LogP contribution in [-0.2, 0) is 22.1 Å². The molecule has 4 aliphatic rings. The number of imidazole rings is 1. The number of pyridine rings is 2. The van der Waals surface area contributed by atoms with Crippen molar-refractivity contribution < 1.29 is 24.2 Å². The number of hydrogen-bond donors (Lipinski definition) is 1. The van der Waals surface area contributed by atoms with Crippen LogP contribution in [0, 0.1) is 0 Å². The second kappa shape index (κ2) is 20.5. The van der Waals surface area contributed by atoms with Gasteiger partial charge in [0.2, 0.25) is 0 Å². The average Bonchev–Trinajstić information content (AvgIpc) is 3.63. The second-order valence-electron chi connectivity index (χ2n) is 20.0. The van der Waals surface area contributed by atoms with Gasteiger partial charge in [0.15, 0.2) is 0 Å². The van der Waals surface area contributed by atoms with E-state index in [-0.39, 0.29) is 24.3 Å². The van der Waals surface area contributed by atoms with Gasteiger partial charge < -0.3 is 28.9 Å². The van der Waals surface area contributed by atoms with E-state index in [0.717, 1.165) is 49.3 Å². The highest BCUT2D eigenvalue weighted by Gasteiger charge is 2.40. The van der Waals surface area contributed by atoms with Gasteiger partial charge >= 0.3 is 12.2 Å². The van der Waals surface area contributed by atoms with Gasteiger partial charge in [-0.25, -0.2) is 14.6 Å². The summed E-state index contributed by atoms with van der Waals surface area (Å²) in [5, 5.41) is 14.4. The number of amides is 2. The molecular formula is C52H57BrCl4N8O5. The maximum atomic E-state index is 12.7. The number of ether oxygens (including phenoxy) is 2. The van der Waals surface area contributed by atoms with E-state index in [1.54, 1.807) is 46.2 Å². The summed E-state index contributed by atoms with van der Waals surface area (Å²) in [6.07, 6.45) is 10.1. The molecule has 2 amide bonds. The van der Waals surface area contributed by atoms with Crippen molar-refractivity contribution in [1.82, 2.24) is 39.1 Å². The first-order valence-electron chi connectivity index (χ1n) is 23.1. The van der Waals surface area contributed by atoms with Crippen LogP contribution in [0.3, 0.4) is 0 Å². The van der Waals surface area contributed by atoms with Crippen LogP contribution >= 0.6 is 62.3 Å². The smallest absolute Gasteiger partial charge is 0.410 e. The van der Waals surface area contributed by atoms with Crippen molar-refractivity contribution in [2.75, 3.05) is 52.4 Å². The highest BCUT2D eigenvalue weighted by Crippen LogP contribution is 2.47. The van der Waals surface area contributed by atoms with E-state index < -0.39 is 16.8 Å². The first-order chi connectivity index (χ1) is 33.0. The lowest BCUT2D eigenvalue weighted by molar-refractivity contribution is 0.0109. The van der Waals surface area contributed by atoms with Crippen LogP contribution < -0.4 is 0 Å². The topological polar surface area (TPSA) is 129 Å². The zero-order chi connectivity index (χ0) is 50.4. The van der Waals surface area contributed by atoms with Crippen molar-refractivity contribution >= 4 is 96.7 Å². The molecule has 3 atom stereocenters. The molecule has 5 heterocycles. The zero-order valence-corrected chi connectivity index (χ0v) is 45.1. The molecule has 2 fully saturated rings. The first-order valence-corrected chi connectivity index (χ1v) is 25.4. The van der Waals surface area contributed by atoms with Crippen LogP contribution in [0.25, 0.3) is 22.2 Å². The number of aryl methyl sites for hydroxylation is 1. The Kier molecular flexibility index (Phi) is 15.2. The number of fused-ring (bicyclic) bond motifs is 4. The lowest BCUT2D eigenvalue weighted by Gasteiger charge is -2.40. The third-order valence-corrected chi connectivity index (χ3v) is 14.1. The van der Waals surface area contributed by atoms with Gasteiger partial charge in [-0.05, 0) is 130 Å². The Bertz CT molecular complexity index is 2860. The van der Waals surface area contributed by atoms with Crippen molar-refractivity contribution in [3.05, 3.63) is 144 Å². The molecule has 1 N–H and O–H groups in total. The highest BCUT2D eigenvalue weighted by atomic mass is 79.9. The van der Waals surface area contributed by atoms with Gasteiger partial charge in [-0.1, -0.05) is 74.5 Å².